The monoisotopic (exact) mass is 363 g/mol. The summed E-state index contributed by atoms with van der Waals surface area (Å²) in [5.74, 6) is 1.04. The fourth-order valence-corrected chi connectivity index (χ4v) is 3.64. The molecule has 0 saturated carbocycles. The third-order valence-corrected chi connectivity index (χ3v) is 5.22. The van der Waals surface area contributed by atoms with Crippen molar-refractivity contribution in [2.75, 3.05) is 67.6 Å². The molecule has 1 aromatic carbocycles. The second kappa shape index (κ2) is 9.35. The van der Waals surface area contributed by atoms with E-state index in [0.29, 0.717) is 24.4 Å². The molecule has 2 rings (SSSR count). The third kappa shape index (κ3) is 4.96. The van der Waals surface area contributed by atoms with Crippen LogP contribution in [0.3, 0.4) is 0 Å². The first-order valence-electron chi connectivity index (χ1n) is 9.24. The molecular formula is C20H33N3O3. The fraction of sp³-hybridized carbons (Fsp3) is 0.650. The Morgan fingerprint density at radius 1 is 1.23 bits per heavy atom. The molecule has 0 aliphatic carbocycles. The predicted molar refractivity (Wildman–Crippen MR) is 104 cm³/mol. The van der Waals surface area contributed by atoms with Gasteiger partial charge in [-0.3, -0.25) is 4.79 Å². The van der Waals surface area contributed by atoms with Gasteiger partial charge in [-0.15, -0.1) is 0 Å². The highest BCUT2D eigenvalue weighted by molar-refractivity contribution is 5.97. The summed E-state index contributed by atoms with van der Waals surface area (Å²) in [6, 6.07) is 5.65. The molecule has 1 saturated heterocycles. The number of hydrogen-bond acceptors (Lipinski definition) is 5. The van der Waals surface area contributed by atoms with Crippen LogP contribution in [0.1, 0.15) is 15.9 Å². The Morgan fingerprint density at radius 2 is 1.92 bits per heavy atom. The van der Waals surface area contributed by atoms with Gasteiger partial charge in [0.25, 0.3) is 5.91 Å². The Kier molecular flexibility index (Phi) is 7.43. The van der Waals surface area contributed by atoms with E-state index in [1.165, 1.54) is 0 Å². The lowest BCUT2D eigenvalue weighted by Crippen LogP contribution is -2.35. The van der Waals surface area contributed by atoms with Crippen LogP contribution in [0.4, 0.5) is 0 Å². The zero-order valence-corrected chi connectivity index (χ0v) is 16.7. The summed E-state index contributed by atoms with van der Waals surface area (Å²) in [7, 11) is 7.83. The number of para-hydroxylation sites is 1. The van der Waals surface area contributed by atoms with Gasteiger partial charge in [-0.25, -0.2) is 0 Å². The number of likely N-dealkylation sites (tertiary alicyclic amines) is 1. The standard InChI is InChI=1S/C20H33N3O3/c1-15-7-6-8-18(19(15)26-5)20(25)23-12-16(17(13-23)14-24)11-22(4)10-9-21(2)3/h6-8,16-17,24H,9-14H2,1-5H3/t16-,17-/m1/s1. The van der Waals surface area contributed by atoms with E-state index in [0.717, 1.165) is 25.2 Å². The van der Waals surface area contributed by atoms with Crippen LogP contribution in [0.5, 0.6) is 5.75 Å². The zero-order valence-electron chi connectivity index (χ0n) is 16.7. The van der Waals surface area contributed by atoms with Crippen LogP contribution in [-0.2, 0) is 0 Å². The van der Waals surface area contributed by atoms with Crippen molar-refractivity contribution in [1.29, 1.82) is 0 Å². The number of aryl methyl sites for hydroxylation is 1. The molecule has 1 aliphatic rings. The van der Waals surface area contributed by atoms with Crippen molar-refractivity contribution in [2.24, 2.45) is 11.8 Å². The van der Waals surface area contributed by atoms with Crippen LogP contribution in [0.2, 0.25) is 0 Å². The van der Waals surface area contributed by atoms with E-state index < -0.39 is 0 Å². The predicted octanol–water partition coefficient (Wildman–Crippen LogP) is 1.18. The van der Waals surface area contributed by atoms with Crippen LogP contribution < -0.4 is 4.74 Å². The molecular weight excluding hydrogens is 330 g/mol. The molecule has 0 unspecified atom stereocenters. The Balaban J connectivity index is 2.06. The number of aliphatic hydroxyl groups excluding tert-OH is 1. The van der Waals surface area contributed by atoms with Crippen molar-refractivity contribution in [3.63, 3.8) is 0 Å². The molecule has 1 N–H and O–H groups in total. The molecule has 0 bridgehead atoms. The smallest absolute Gasteiger partial charge is 0.257 e. The summed E-state index contributed by atoms with van der Waals surface area (Å²) in [5, 5.41) is 9.79. The first kappa shape index (κ1) is 20.7. The lowest BCUT2D eigenvalue weighted by Gasteiger charge is -2.25. The molecule has 0 spiro atoms. The van der Waals surface area contributed by atoms with Crippen LogP contribution in [-0.4, -0.2) is 93.3 Å². The minimum atomic E-state index is -0.0116. The summed E-state index contributed by atoms with van der Waals surface area (Å²) in [5.41, 5.74) is 1.56. The molecule has 26 heavy (non-hydrogen) atoms. The highest BCUT2D eigenvalue weighted by Crippen LogP contribution is 2.29. The van der Waals surface area contributed by atoms with Gasteiger partial charge in [-0.1, -0.05) is 12.1 Å². The average molecular weight is 364 g/mol. The van der Waals surface area contributed by atoms with Crippen molar-refractivity contribution >= 4 is 5.91 Å². The number of carbonyl (C=O) groups excluding carboxylic acids is 1. The first-order chi connectivity index (χ1) is 12.4. The maximum Gasteiger partial charge on any atom is 0.257 e. The number of rotatable bonds is 8. The van der Waals surface area contributed by atoms with E-state index in [1.807, 2.05) is 30.0 Å². The highest BCUT2D eigenvalue weighted by Gasteiger charge is 2.36. The minimum Gasteiger partial charge on any atom is -0.496 e. The van der Waals surface area contributed by atoms with Crippen LogP contribution in [0.25, 0.3) is 0 Å². The summed E-state index contributed by atoms with van der Waals surface area (Å²) in [4.78, 5) is 19.3. The van der Waals surface area contributed by atoms with E-state index in [4.69, 9.17) is 4.74 Å². The lowest BCUT2D eigenvalue weighted by molar-refractivity contribution is 0.0775. The van der Waals surface area contributed by atoms with Crippen molar-refractivity contribution in [2.45, 2.75) is 6.92 Å². The Morgan fingerprint density at radius 3 is 2.54 bits per heavy atom. The van der Waals surface area contributed by atoms with Crippen LogP contribution in [0, 0.1) is 18.8 Å². The molecule has 1 aliphatic heterocycles. The number of carbonyl (C=O) groups is 1. The number of hydrogen-bond donors (Lipinski definition) is 1. The maximum absolute atomic E-state index is 13.0. The van der Waals surface area contributed by atoms with Crippen molar-refractivity contribution in [3.05, 3.63) is 29.3 Å². The van der Waals surface area contributed by atoms with E-state index >= 15 is 0 Å². The highest BCUT2D eigenvalue weighted by atomic mass is 16.5. The topological polar surface area (TPSA) is 56.2 Å². The van der Waals surface area contributed by atoms with E-state index in [-0.39, 0.29) is 24.3 Å². The first-order valence-corrected chi connectivity index (χ1v) is 9.24. The normalized spacial score (nSPS) is 20.2. The summed E-state index contributed by atoms with van der Waals surface area (Å²) in [6.45, 7) is 6.18. The number of ether oxygens (including phenoxy) is 1. The third-order valence-electron chi connectivity index (χ3n) is 5.22. The van der Waals surface area contributed by atoms with Gasteiger partial charge in [-0.2, -0.15) is 0 Å². The molecule has 1 heterocycles. The molecule has 0 radical (unpaired) electrons. The van der Waals surface area contributed by atoms with Gasteiger partial charge in [0, 0.05) is 45.2 Å². The van der Waals surface area contributed by atoms with E-state index in [9.17, 15) is 9.90 Å². The molecule has 1 amide bonds. The van der Waals surface area contributed by atoms with E-state index in [1.54, 1.807) is 7.11 Å². The fourth-order valence-electron chi connectivity index (χ4n) is 3.64. The van der Waals surface area contributed by atoms with Gasteiger partial charge in [-0.05, 0) is 45.6 Å². The number of likely N-dealkylation sites (N-methyl/N-ethyl adjacent to an activating group) is 2. The molecule has 1 aromatic rings. The molecule has 1 fully saturated rings. The van der Waals surface area contributed by atoms with Gasteiger partial charge in [0.05, 0.1) is 12.7 Å². The van der Waals surface area contributed by atoms with Crippen LogP contribution in [0.15, 0.2) is 18.2 Å². The Labute approximate surface area is 157 Å². The quantitative estimate of drug-likeness (QED) is 0.752. The minimum absolute atomic E-state index is 0.0116. The molecule has 2 atom stereocenters. The average Bonchev–Trinajstić information content (AvgIpc) is 3.01. The van der Waals surface area contributed by atoms with Gasteiger partial charge in [0.2, 0.25) is 0 Å². The molecule has 6 heteroatoms. The summed E-state index contributed by atoms with van der Waals surface area (Å²) >= 11 is 0. The number of benzene rings is 1. The number of aliphatic hydroxyl groups is 1. The van der Waals surface area contributed by atoms with Crippen molar-refractivity contribution < 1.29 is 14.6 Å². The molecule has 0 aromatic heterocycles. The van der Waals surface area contributed by atoms with Crippen LogP contribution >= 0.6 is 0 Å². The van der Waals surface area contributed by atoms with E-state index in [2.05, 4.69) is 30.9 Å². The lowest BCUT2D eigenvalue weighted by atomic mass is 9.96. The second-order valence-corrected chi connectivity index (χ2v) is 7.63. The van der Waals surface area contributed by atoms with Gasteiger partial charge >= 0.3 is 0 Å². The SMILES string of the molecule is COc1c(C)cccc1C(=O)N1C[C@@H](CN(C)CCN(C)C)[C@@H](CO)C1. The zero-order chi connectivity index (χ0) is 19.3. The molecule has 146 valence electrons. The summed E-state index contributed by atoms with van der Waals surface area (Å²) < 4.78 is 5.45. The van der Waals surface area contributed by atoms with Gasteiger partial charge < -0.3 is 24.5 Å². The van der Waals surface area contributed by atoms with Gasteiger partial charge in [0.1, 0.15) is 5.75 Å². The molecule has 6 nitrogen and oxygen atoms in total. The van der Waals surface area contributed by atoms with Gasteiger partial charge in [0.15, 0.2) is 0 Å². The Bertz CT molecular complexity index is 606. The second-order valence-electron chi connectivity index (χ2n) is 7.63. The Hall–Kier alpha value is -1.63. The van der Waals surface area contributed by atoms with Crippen molar-refractivity contribution in [3.8, 4) is 5.75 Å². The largest absolute Gasteiger partial charge is 0.496 e. The number of nitrogens with zero attached hydrogens (tertiary/aromatic N) is 3. The number of methoxy groups -OCH3 is 1. The number of amides is 1. The maximum atomic E-state index is 13.0. The van der Waals surface area contributed by atoms with Crippen molar-refractivity contribution in [1.82, 2.24) is 14.7 Å². The summed E-state index contributed by atoms with van der Waals surface area (Å²) in [6.07, 6.45) is 0.